The van der Waals surface area contributed by atoms with Gasteiger partial charge in [0, 0.05) is 31.6 Å². The Morgan fingerprint density at radius 1 is 0.873 bits per heavy atom. The van der Waals surface area contributed by atoms with Crippen LogP contribution in [-0.4, -0.2) is 46.9 Å². The lowest BCUT2D eigenvalue weighted by atomic mass is 9.88. The van der Waals surface area contributed by atoms with Crippen LogP contribution in [0.3, 0.4) is 0 Å². The molecule has 0 fully saturated rings. The Morgan fingerprint density at radius 3 is 2.21 bits per heavy atom. The lowest BCUT2D eigenvalue weighted by Gasteiger charge is -2.42. The van der Waals surface area contributed by atoms with Gasteiger partial charge in [0.15, 0.2) is 0 Å². The number of amides is 2. The molecule has 0 aromatic heterocycles. The highest BCUT2D eigenvalue weighted by Crippen LogP contribution is 2.43. The van der Waals surface area contributed by atoms with Crippen LogP contribution in [0, 0.1) is 11.3 Å². The molecule has 2 N–H and O–H groups in total. The largest absolute Gasteiger partial charge is 0.489 e. The van der Waals surface area contributed by atoms with Gasteiger partial charge in [-0.15, -0.1) is 0 Å². The van der Waals surface area contributed by atoms with Gasteiger partial charge in [0.1, 0.15) is 24.1 Å². The summed E-state index contributed by atoms with van der Waals surface area (Å²) in [6.07, 6.45) is 0.181. The second-order valence-corrected chi connectivity index (χ2v) is 16.6. The lowest BCUT2D eigenvalue weighted by Crippen LogP contribution is -2.55. The average Bonchev–Trinajstić information content (AvgIpc) is 3.30. The highest BCUT2D eigenvalue weighted by molar-refractivity contribution is 6.42. The van der Waals surface area contributed by atoms with Gasteiger partial charge in [-0.1, -0.05) is 115 Å². The molecule has 6 aromatic rings. The summed E-state index contributed by atoms with van der Waals surface area (Å²) in [6, 6.07) is 41.3. The van der Waals surface area contributed by atoms with Gasteiger partial charge in [-0.05, 0) is 100 Å². The van der Waals surface area contributed by atoms with Crippen molar-refractivity contribution in [2.45, 2.75) is 63.6 Å². The molecule has 0 spiro atoms. The number of likely N-dealkylation sites (N-methyl/N-ethyl adjacent to an activating group) is 1. The Hall–Kier alpha value is -6.64. The zero-order valence-corrected chi connectivity index (χ0v) is 36.1. The quantitative estimate of drug-likeness (QED) is 0.117. The second kappa shape index (κ2) is 18.8. The molecule has 12 heteroatoms. The number of hydrogen-bond acceptors (Lipinski definition) is 7. The van der Waals surface area contributed by atoms with Crippen LogP contribution in [0.2, 0.25) is 10.0 Å². The summed E-state index contributed by atoms with van der Waals surface area (Å²) in [4.78, 5) is 44.8. The fourth-order valence-corrected chi connectivity index (χ4v) is 8.70. The van der Waals surface area contributed by atoms with Crippen molar-refractivity contribution in [1.82, 2.24) is 10.2 Å². The first-order valence-electron chi connectivity index (χ1n) is 20.7. The number of fused-ring (bicyclic) bond motifs is 2. The number of carbonyl (C=O) groups excluding carboxylic acids is 2. The van der Waals surface area contributed by atoms with Crippen molar-refractivity contribution in [2.24, 2.45) is 0 Å². The molecule has 2 amide bonds. The zero-order chi connectivity index (χ0) is 44.2. The standard InChI is InChI=1S/C51H44Cl2N4O6/c1-3-44(36-7-5-4-6-8-36)57-29-39-27-47-45(56(2)50(59)48(63-47)37-18-20-40(21-19-37)62-30-33-13-22-41(52)42(53)23-33)25-38(39)26-46(57)49(58)55-43(51(60)61)24-31-9-14-34(15-10-31)35-16-11-32(28-54)12-17-35/h4-23,25,27,43-44,46,48H,3,24,26,29-30H2,1-2H3,(H,55,58)(H,60,61)/t43-,44-,46-,48-/m0/s1. The SMILES string of the molecule is CC[C@@H](c1ccccc1)N1Cc2cc3c(cc2C[C@H]1C(=O)N[C@@H](Cc1ccc(-c2ccc(C#N)cc2)cc1)C(=O)O)N(C)C(=O)[C@H](c1ccc(OCc2ccc(Cl)c(Cl)c2)cc1)O3. The number of nitriles is 1. The first kappa shape index (κ1) is 43.0. The van der Waals surface area contributed by atoms with Gasteiger partial charge in [-0.3, -0.25) is 14.5 Å². The number of carbonyl (C=O) groups is 3. The fourth-order valence-electron chi connectivity index (χ4n) is 8.38. The Morgan fingerprint density at radius 2 is 1.56 bits per heavy atom. The molecule has 4 atom stereocenters. The number of carboxylic acids is 1. The van der Waals surface area contributed by atoms with Crippen molar-refractivity contribution in [2.75, 3.05) is 11.9 Å². The number of nitrogens with zero attached hydrogens (tertiary/aromatic N) is 3. The van der Waals surface area contributed by atoms with Crippen LogP contribution in [0.15, 0.2) is 133 Å². The van der Waals surface area contributed by atoms with E-state index in [1.807, 2.05) is 97.1 Å². The molecule has 318 valence electrons. The number of nitrogens with one attached hydrogen (secondary N) is 1. The monoisotopic (exact) mass is 878 g/mol. The molecule has 0 saturated heterocycles. The van der Waals surface area contributed by atoms with Gasteiger partial charge in [0.2, 0.25) is 12.0 Å². The van der Waals surface area contributed by atoms with E-state index in [0.29, 0.717) is 57.7 Å². The molecule has 0 bridgehead atoms. The Balaban J connectivity index is 1.02. The highest BCUT2D eigenvalue weighted by atomic mass is 35.5. The third kappa shape index (κ3) is 9.42. The maximum atomic E-state index is 14.5. The summed E-state index contributed by atoms with van der Waals surface area (Å²) < 4.78 is 12.5. The highest BCUT2D eigenvalue weighted by Gasteiger charge is 2.40. The topological polar surface area (TPSA) is 132 Å². The van der Waals surface area contributed by atoms with Crippen LogP contribution < -0.4 is 19.7 Å². The summed E-state index contributed by atoms with van der Waals surface area (Å²) in [5.41, 5.74) is 8.18. The first-order chi connectivity index (χ1) is 30.5. The summed E-state index contributed by atoms with van der Waals surface area (Å²) >= 11 is 12.2. The van der Waals surface area contributed by atoms with Gasteiger partial charge in [-0.2, -0.15) is 5.26 Å². The normalized spacial score (nSPS) is 16.7. The molecular formula is C51H44Cl2N4O6. The Bertz CT molecular complexity index is 2690. The number of ether oxygens (including phenoxy) is 2. The summed E-state index contributed by atoms with van der Waals surface area (Å²) in [5, 5.41) is 23.4. The van der Waals surface area contributed by atoms with Crippen molar-refractivity contribution < 1.29 is 29.0 Å². The maximum Gasteiger partial charge on any atom is 0.326 e. The molecule has 0 aliphatic carbocycles. The summed E-state index contributed by atoms with van der Waals surface area (Å²) in [5.74, 6) is -0.610. The summed E-state index contributed by atoms with van der Waals surface area (Å²) in [7, 11) is 1.72. The van der Waals surface area contributed by atoms with E-state index >= 15 is 0 Å². The van der Waals surface area contributed by atoms with Crippen LogP contribution in [0.25, 0.3) is 11.1 Å². The molecule has 0 saturated carbocycles. The van der Waals surface area contributed by atoms with Crippen molar-refractivity contribution in [3.63, 3.8) is 0 Å². The minimum absolute atomic E-state index is 0.0846. The predicted molar refractivity (Wildman–Crippen MR) is 243 cm³/mol. The number of anilines is 1. The van der Waals surface area contributed by atoms with E-state index in [9.17, 15) is 19.5 Å². The van der Waals surface area contributed by atoms with E-state index in [0.717, 1.165) is 38.9 Å². The third-order valence-corrected chi connectivity index (χ3v) is 12.5. The predicted octanol–water partition coefficient (Wildman–Crippen LogP) is 9.90. The molecule has 0 radical (unpaired) electrons. The van der Waals surface area contributed by atoms with Gasteiger partial charge < -0.3 is 24.8 Å². The smallest absolute Gasteiger partial charge is 0.326 e. The Kier molecular flexibility index (Phi) is 12.8. The van der Waals surface area contributed by atoms with Gasteiger partial charge in [0.05, 0.1) is 33.4 Å². The van der Waals surface area contributed by atoms with Gasteiger partial charge in [0.25, 0.3) is 5.91 Å². The second-order valence-electron chi connectivity index (χ2n) is 15.8. The fraction of sp³-hybridized carbons (Fsp3) is 0.216. The van der Waals surface area contributed by atoms with E-state index in [1.54, 1.807) is 48.3 Å². The molecule has 63 heavy (non-hydrogen) atoms. The van der Waals surface area contributed by atoms with Crippen molar-refractivity contribution in [1.29, 1.82) is 5.26 Å². The van der Waals surface area contributed by atoms with Crippen molar-refractivity contribution >= 4 is 46.7 Å². The van der Waals surface area contributed by atoms with Crippen LogP contribution in [0.5, 0.6) is 11.5 Å². The molecule has 0 unspecified atom stereocenters. The average molecular weight is 880 g/mol. The molecule has 6 aromatic carbocycles. The lowest BCUT2D eigenvalue weighted by molar-refractivity contribution is -0.143. The first-order valence-corrected chi connectivity index (χ1v) is 21.4. The Labute approximate surface area is 376 Å². The molecule has 2 heterocycles. The van der Waals surface area contributed by atoms with E-state index < -0.39 is 24.2 Å². The molecule has 10 nitrogen and oxygen atoms in total. The van der Waals surface area contributed by atoms with Crippen LogP contribution >= 0.6 is 23.2 Å². The van der Waals surface area contributed by atoms with Gasteiger partial charge >= 0.3 is 5.97 Å². The minimum atomic E-state index is -1.18. The number of hydrogen-bond donors (Lipinski definition) is 2. The van der Waals surface area contributed by atoms with E-state index in [2.05, 4.69) is 23.2 Å². The van der Waals surface area contributed by atoms with E-state index in [1.165, 1.54) is 0 Å². The zero-order valence-electron chi connectivity index (χ0n) is 34.6. The number of benzene rings is 6. The van der Waals surface area contributed by atoms with E-state index in [-0.39, 0.29) is 30.9 Å². The third-order valence-electron chi connectivity index (χ3n) is 11.8. The molecular weight excluding hydrogens is 835 g/mol. The minimum Gasteiger partial charge on any atom is -0.489 e. The molecule has 2 aliphatic heterocycles. The van der Waals surface area contributed by atoms with Crippen LogP contribution in [0.1, 0.15) is 64.4 Å². The summed E-state index contributed by atoms with van der Waals surface area (Å²) in [6.45, 7) is 2.75. The molecule has 2 aliphatic rings. The van der Waals surface area contributed by atoms with Crippen molar-refractivity contribution in [3.8, 4) is 28.7 Å². The van der Waals surface area contributed by atoms with Crippen molar-refractivity contribution in [3.05, 3.63) is 182 Å². The molecule has 8 rings (SSSR count). The van der Waals surface area contributed by atoms with Crippen LogP contribution in [-0.2, 0) is 40.4 Å². The van der Waals surface area contributed by atoms with Gasteiger partial charge in [-0.25, -0.2) is 4.79 Å². The number of rotatable bonds is 13. The maximum absolute atomic E-state index is 14.5. The number of aliphatic carboxylic acids is 1. The number of halogens is 2. The van der Waals surface area contributed by atoms with E-state index in [4.69, 9.17) is 37.9 Å². The number of carboxylic acid groups (broad SMARTS) is 1. The van der Waals surface area contributed by atoms with Crippen LogP contribution in [0.4, 0.5) is 5.69 Å².